The van der Waals surface area contributed by atoms with Crippen molar-refractivity contribution in [1.29, 1.82) is 0 Å². The lowest BCUT2D eigenvalue weighted by Crippen LogP contribution is -2.31. The van der Waals surface area contributed by atoms with E-state index < -0.39 is 0 Å². The first kappa shape index (κ1) is 17.3. The molecule has 1 aromatic heterocycles. The third-order valence-corrected chi connectivity index (χ3v) is 4.57. The van der Waals surface area contributed by atoms with Crippen molar-refractivity contribution in [2.75, 3.05) is 20.8 Å². The normalized spacial score (nSPS) is 16.9. The number of ether oxygens (including phenoxy) is 2. The molecule has 1 aliphatic heterocycles. The summed E-state index contributed by atoms with van der Waals surface area (Å²) in [4.78, 5) is 15.1. The highest BCUT2D eigenvalue weighted by Crippen LogP contribution is 2.37. The average molecular weight is 344 g/mol. The van der Waals surface area contributed by atoms with Crippen molar-refractivity contribution in [3.8, 4) is 11.5 Å². The van der Waals surface area contributed by atoms with Gasteiger partial charge in [0.05, 0.1) is 20.3 Å². The zero-order chi connectivity index (χ0) is 17.8. The predicted octanol–water partition coefficient (Wildman–Crippen LogP) is 3.62. The number of benzene rings is 1. The first-order valence-corrected chi connectivity index (χ1v) is 8.67. The van der Waals surface area contributed by atoms with Gasteiger partial charge in [-0.05, 0) is 31.4 Å². The Morgan fingerprint density at radius 1 is 1.32 bits per heavy atom. The average Bonchev–Trinajstić information content (AvgIpc) is 3.29. The van der Waals surface area contributed by atoms with E-state index in [0.717, 1.165) is 37.1 Å². The fraction of sp³-hybridized carbons (Fsp3) is 0.474. The SMILES string of the molecule is CCCc1cc(C2CCCN2C(=O)c2c(OC)cccc2OC)no1. The number of methoxy groups -OCH3 is 2. The van der Waals surface area contributed by atoms with Gasteiger partial charge in [0.25, 0.3) is 5.91 Å². The Morgan fingerprint density at radius 2 is 2.04 bits per heavy atom. The van der Waals surface area contributed by atoms with Crippen LogP contribution in [0.4, 0.5) is 0 Å². The Kier molecular flexibility index (Phi) is 5.26. The van der Waals surface area contributed by atoms with E-state index in [2.05, 4.69) is 12.1 Å². The summed E-state index contributed by atoms with van der Waals surface area (Å²) in [5.74, 6) is 1.80. The van der Waals surface area contributed by atoms with Crippen LogP contribution in [0.1, 0.15) is 54.0 Å². The largest absolute Gasteiger partial charge is 0.496 e. The topological polar surface area (TPSA) is 64.8 Å². The summed E-state index contributed by atoms with van der Waals surface area (Å²) in [5, 5.41) is 4.20. The molecule has 2 aromatic rings. The number of rotatable bonds is 6. The number of hydrogen-bond acceptors (Lipinski definition) is 5. The molecule has 25 heavy (non-hydrogen) atoms. The lowest BCUT2D eigenvalue weighted by molar-refractivity contribution is 0.0724. The van der Waals surface area contributed by atoms with Crippen LogP contribution >= 0.6 is 0 Å². The van der Waals surface area contributed by atoms with Crippen LogP contribution < -0.4 is 9.47 Å². The molecule has 0 N–H and O–H groups in total. The molecule has 0 spiro atoms. The third kappa shape index (κ3) is 3.34. The van der Waals surface area contributed by atoms with Gasteiger partial charge in [-0.2, -0.15) is 0 Å². The molecule has 1 saturated heterocycles. The Bertz CT molecular complexity index is 719. The highest BCUT2D eigenvalue weighted by Gasteiger charge is 2.35. The zero-order valence-corrected chi connectivity index (χ0v) is 14.9. The fourth-order valence-electron chi connectivity index (χ4n) is 3.37. The maximum Gasteiger partial charge on any atom is 0.261 e. The first-order chi connectivity index (χ1) is 12.2. The molecular weight excluding hydrogens is 320 g/mol. The van der Waals surface area contributed by atoms with Crippen LogP contribution in [0.3, 0.4) is 0 Å². The molecule has 1 aromatic carbocycles. The van der Waals surface area contributed by atoms with E-state index in [0.29, 0.717) is 23.6 Å². The zero-order valence-electron chi connectivity index (χ0n) is 14.9. The second kappa shape index (κ2) is 7.59. The van der Waals surface area contributed by atoms with Crippen LogP contribution in [0.15, 0.2) is 28.8 Å². The van der Waals surface area contributed by atoms with Crippen molar-refractivity contribution >= 4 is 5.91 Å². The Morgan fingerprint density at radius 3 is 2.68 bits per heavy atom. The molecule has 1 aliphatic rings. The Balaban J connectivity index is 1.91. The Hall–Kier alpha value is -2.50. The number of aromatic nitrogens is 1. The summed E-state index contributed by atoms with van der Waals surface area (Å²) < 4.78 is 16.2. The van der Waals surface area contributed by atoms with Crippen LogP contribution in [0, 0.1) is 0 Å². The molecule has 3 rings (SSSR count). The minimum Gasteiger partial charge on any atom is -0.496 e. The van der Waals surface area contributed by atoms with E-state index in [9.17, 15) is 4.79 Å². The molecule has 134 valence electrons. The van der Waals surface area contributed by atoms with Gasteiger partial charge in [-0.3, -0.25) is 4.79 Å². The van der Waals surface area contributed by atoms with Crippen molar-refractivity contribution in [3.05, 3.63) is 41.3 Å². The molecule has 6 heteroatoms. The summed E-state index contributed by atoms with van der Waals surface area (Å²) in [7, 11) is 3.11. The first-order valence-electron chi connectivity index (χ1n) is 8.67. The van der Waals surface area contributed by atoms with Gasteiger partial charge < -0.3 is 18.9 Å². The van der Waals surface area contributed by atoms with E-state index in [1.165, 1.54) is 0 Å². The molecule has 0 aliphatic carbocycles. The van der Waals surface area contributed by atoms with E-state index in [4.69, 9.17) is 14.0 Å². The quantitative estimate of drug-likeness (QED) is 0.801. The maximum absolute atomic E-state index is 13.2. The molecule has 0 saturated carbocycles. The molecule has 1 fully saturated rings. The maximum atomic E-state index is 13.2. The van der Waals surface area contributed by atoms with Crippen LogP contribution in [-0.4, -0.2) is 36.7 Å². The number of likely N-dealkylation sites (tertiary alicyclic amines) is 1. The van der Waals surface area contributed by atoms with Crippen LogP contribution in [0.2, 0.25) is 0 Å². The third-order valence-electron chi connectivity index (χ3n) is 4.57. The van der Waals surface area contributed by atoms with Crippen molar-refractivity contribution < 1.29 is 18.8 Å². The Labute approximate surface area is 147 Å². The fourth-order valence-corrected chi connectivity index (χ4v) is 3.37. The van der Waals surface area contributed by atoms with Crippen molar-refractivity contribution in [2.24, 2.45) is 0 Å². The van der Waals surface area contributed by atoms with Crippen LogP contribution in [-0.2, 0) is 6.42 Å². The van der Waals surface area contributed by atoms with Crippen LogP contribution in [0.25, 0.3) is 0 Å². The van der Waals surface area contributed by atoms with Gasteiger partial charge in [0.1, 0.15) is 28.5 Å². The van der Waals surface area contributed by atoms with Crippen molar-refractivity contribution in [1.82, 2.24) is 10.1 Å². The summed E-state index contributed by atoms with van der Waals surface area (Å²) >= 11 is 0. The molecule has 6 nitrogen and oxygen atoms in total. The highest BCUT2D eigenvalue weighted by atomic mass is 16.5. The van der Waals surface area contributed by atoms with Crippen molar-refractivity contribution in [3.63, 3.8) is 0 Å². The van der Waals surface area contributed by atoms with Gasteiger partial charge in [-0.1, -0.05) is 18.1 Å². The summed E-state index contributed by atoms with van der Waals surface area (Å²) in [6, 6.07) is 7.26. The standard InChI is InChI=1S/C19H24N2O4/c1-4-7-13-12-14(20-25-13)15-8-6-11-21(15)19(22)18-16(23-2)9-5-10-17(18)24-3/h5,9-10,12,15H,4,6-8,11H2,1-3H3. The van der Waals surface area contributed by atoms with Gasteiger partial charge in [-0.15, -0.1) is 0 Å². The molecule has 0 radical (unpaired) electrons. The second-order valence-corrected chi connectivity index (χ2v) is 6.16. The van der Waals surface area contributed by atoms with E-state index in [1.807, 2.05) is 17.0 Å². The van der Waals surface area contributed by atoms with Crippen molar-refractivity contribution in [2.45, 2.75) is 38.6 Å². The van der Waals surface area contributed by atoms with Crippen LogP contribution in [0.5, 0.6) is 11.5 Å². The summed E-state index contributed by atoms with van der Waals surface area (Å²) in [5.41, 5.74) is 1.28. The molecule has 0 bridgehead atoms. The molecular formula is C19H24N2O4. The number of carbonyl (C=O) groups is 1. The predicted molar refractivity (Wildman–Crippen MR) is 93.1 cm³/mol. The summed E-state index contributed by atoms with van der Waals surface area (Å²) in [6.07, 6.45) is 3.67. The lowest BCUT2D eigenvalue weighted by Gasteiger charge is -2.24. The molecule has 2 heterocycles. The molecule has 1 amide bonds. The van der Waals surface area contributed by atoms with E-state index in [-0.39, 0.29) is 11.9 Å². The number of carbonyl (C=O) groups excluding carboxylic acids is 1. The van der Waals surface area contributed by atoms with E-state index >= 15 is 0 Å². The van der Waals surface area contributed by atoms with E-state index in [1.54, 1.807) is 26.4 Å². The minimum atomic E-state index is -0.100. The van der Waals surface area contributed by atoms with Gasteiger partial charge in [0.2, 0.25) is 0 Å². The molecule has 1 atom stereocenters. The smallest absolute Gasteiger partial charge is 0.261 e. The van der Waals surface area contributed by atoms with Gasteiger partial charge in [-0.25, -0.2) is 0 Å². The monoisotopic (exact) mass is 344 g/mol. The number of aryl methyl sites for hydroxylation is 1. The summed E-state index contributed by atoms with van der Waals surface area (Å²) in [6.45, 7) is 2.78. The number of hydrogen-bond donors (Lipinski definition) is 0. The second-order valence-electron chi connectivity index (χ2n) is 6.16. The van der Waals surface area contributed by atoms with Gasteiger partial charge in [0, 0.05) is 19.0 Å². The van der Waals surface area contributed by atoms with Gasteiger partial charge >= 0.3 is 0 Å². The molecule has 1 unspecified atom stereocenters. The lowest BCUT2D eigenvalue weighted by atomic mass is 10.1. The number of nitrogens with zero attached hydrogens (tertiary/aromatic N) is 2. The number of amides is 1. The highest BCUT2D eigenvalue weighted by molar-refractivity contribution is 6.00. The van der Waals surface area contributed by atoms with Gasteiger partial charge in [0.15, 0.2) is 0 Å². The minimum absolute atomic E-state index is 0.0727.